The van der Waals surface area contributed by atoms with Crippen LogP contribution >= 0.6 is 11.6 Å². The lowest BCUT2D eigenvalue weighted by atomic mass is 9.88. The Morgan fingerprint density at radius 2 is 2.33 bits per heavy atom. The van der Waals surface area contributed by atoms with Crippen LogP contribution in [0.1, 0.15) is 12.5 Å². The lowest BCUT2D eigenvalue weighted by Gasteiger charge is -2.31. The van der Waals surface area contributed by atoms with Gasteiger partial charge >= 0.3 is 0 Å². The van der Waals surface area contributed by atoms with Crippen LogP contribution in [0.15, 0.2) is 18.2 Å². The number of hydrogen-bond acceptors (Lipinski definition) is 3. The second-order valence-corrected chi connectivity index (χ2v) is 4.91. The number of anilines is 1. The zero-order chi connectivity index (χ0) is 13.1. The quantitative estimate of drug-likeness (QED) is 0.877. The molecule has 18 heavy (non-hydrogen) atoms. The molecule has 1 aliphatic heterocycles. The van der Waals surface area contributed by atoms with Gasteiger partial charge in [-0.1, -0.05) is 18.5 Å². The van der Waals surface area contributed by atoms with Crippen LogP contribution in [0.3, 0.4) is 0 Å². The number of carbonyl (C=O) groups is 1. The highest BCUT2D eigenvalue weighted by molar-refractivity contribution is 6.33. The smallest absolute Gasteiger partial charge is 0.227 e. The summed E-state index contributed by atoms with van der Waals surface area (Å²) in [6.07, 6.45) is 0. The predicted molar refractivity (Wildman–Crippen MR) is 70.3 cm³/mol. The van der Waals surface area contributed by atoms with Crippen molar-refractivity contribution in [2.45, 2.75) is 6.92 Å². The maximum Gasteiger partial charge on any atom is 0.227 e. The highest BCUT2D eigenvalue weighted by Gasteiger charge is 2.28. The monoisotopic (exact) mass is 263 g/mol. The standard InChI is InChI=1S/C13H14ClN3O/c1-8(10-6-16-7-10)13(18)17-12-3-2-9(5-15)4-11(12)14/h2-4,8,10,16H,6-7H2,1H3,(H,17,18). The summed E-state index contributed by atoms with van der Waals surface area (Å²) in [6.45, 7) is 3.68. The van der Waals surface area contributed by atoms with E-state index in [-0.39, 0.29) is 11.8 Å². The first kappa shape index (κ1) is 12.9. The molecule has 0 radical (unpaired) electrons. The summed E-state index contributed by atoms with van der Waals surface area (Å²) in [5, 5.41) is 15.1. The molecule has 1 fully saturated rings. The Kier molecular flexibility index (Phi) is 3.85. The summed E-state index contributed by atoms with van der Waals surface area (Å²) in [5.74, 6) is 0.313. The molecule has 2 N–H and O–H groups in total. The van der Waals surface area contributed by atoms with Crippen LogP contribution in [-0.2, 0) is 4.79 Å². The van der Waals surface area contributed by atoms with Crippen molar-refractivity contribution in [3.05, 3.63) is 28.8 Å². The Balaban J connectivity index is 2.04. The Bertz CT molecular complexity index is 505. The molecule has 0 aliphatic carbocycles. The summed E-state index contributed by atoms with van der Waals surface area (Å²) in [5.41, 5.74) is 1.04. The second-order valence-electron chi connectivity index (χ2n) is 4.50. The molecule has 1 aromatic rings. The predicted octanol–water partition coefficient (Wildman–Crippen LogP) is 2.01. The maximum absolute atomic E-state index is 12.0. The van der Waals surface area contributed by atoms with Crippen molar-refractivity contribution in [2.24, 2.45) is 11.8 Å². The number of nitrogens with one attached hydrogen (secondary N) is 2. The molecule has 0 saturated carbocycles. The van der Waals surface area contributed by atoms with Gasteiger partial charge in [0.1, 0.15) is 0 Å². The normalized spacial score (nSPS) is 16.5. The van der Waals surface area contributed by atoms with Crippen LogP contribution < -0.4 is 10.6 Å². The van der Waals surface area contributed by atoms with Crippen molar-refractivity contribution in [2.75, 3.05) is 18.4 Å². The number of halogens is 1. The summed E-state index contributed by atoms with van der Waals surface area (Å²) in [4.78, 5) is 12.0. The van der Waals surface area contributed by atoms with E-state index in [1.54, 1.807) is 18.2 Å². The van der Waals surface area contributed by atoms with Gasteiger partial charge in [0.25, 0.3) is 0 Å². The van der Waals surface area contributed by atoms with Gasteiger partial charge in [-0.05, 0) is 37.2 Å². The lowest BCUT2D eigenvalue weighted by Crippen LogP contribution is -2.48. The van der Waals surface area contributed by atoms with Crippen LogP contribution in [0.25, 0.3) is 0 Å². The van der Waals surface area contributed by atoms with E-state index in [4.69, 9.17) is 16.9 Å². The van der Waals surface area contributed by atoms with Gasteiger partial charge in [0.05, 0.1) is 22.3 Å². The van der Waals surface area contributed by atoms with Crippen LogP contribution in [-0.4, -0.2) is 19.0 Å². The fourth-order valence-corrected chi connectivity index (χ4v) is 2.04. The van der Waals surface area contributed by atoms with Crippen molar-refractivity contribution in [1.82, 2.24) is 5.32 Å². The van der Waals surface area contributed by atoms with E-state index in [1.165, 1.54) is 0 Å². The number of amides is 1. The zero-order valence-corrected chi connectivity index (χ0v) is 10.8. The topological polar surface area (TPSA) is 64.9 Å². The molecule has 1 amide bonds. The average molecular weight is 264 g/mol. The summed E-state index contributed by atoms with van der Waals surface area (Å²) >= 11 is 6.01. The van der Waals surface area contributed by atoms with E-state index >= 15 is 0 Å². The van der Waals surface area contributed by atoms with Crippen LogP contribution in [0.5, 0.6) is 0 Å². The van der Waals surface area contributed by atoms with E-state index in [0.29, 0.717) is 22.2 Å². The summed E-state index contributed by atoms with van der Waals surface area (Å²) in [6, 6.07) is 6.84. The number of nitrogens with zero attached hydrogens (tertiary/aromatic N) is 1. The molecule has 2 rings (SSSR count). The van der Waals surface area contributed by atoms with Gasteiger partial charge in [0.15, 0.2) is 0 Å². The van der Waals surface area contributed by atoms with Crippen molar-refractivity contribution in [1.29, 1.82) is 5.26 Å². The van der Waals surface area contributed by atoms with Gasteiger partial charge in [0, 0.05) is 5.92 Å². The van der Waals surface area contributed by atoms with E-state index < -0.39 is 0 Å². The minimum Gasteiger partial charge on any atom is -0.325 e. The Labute approximate surface area is 111 Å². The first-order valence-corrected chi connectivity index (χ1v) is 6.21. The minimum absolute atomic E-state index is 0.0342. The largest absolute Gasteiger partial charge is 0.325 e. The first-order valence-electron chi connectivity index (χ1n) is 5.83. The molecule has 1 aromatic carbocycles. The van der Waals surface area contributed by atoms with Crippen LogP contribution in [0.2, 0.25) is 5.02 Å². The minimum atomic E-state index is -0.0436. The third kappa shape index (κ3) is 2.63. The van der Waals surface area contributed by atoms with Gasteiger partial charge in [-0.2, -0.15) is 5.26 Å². The van der Waals surface area contributed by atoms with Gasteiger partial charge in [-0.15, -0.1) is 0 Å². The molecular weight excluding hydrogens is 250 g/mol. The lowest BCUT2D eigenvalue weighted by molar-refractivity contribution is -0.121. The molecule has 1 atom stereocenters. The second kappa shape index (κ2) is 5.38. The molecule has 1 saturated heterocycles. The van der Waals surface area contributed by atoms with E-state index in [0.717, 1.165) is 13.1 Å². The molecule has 0 spiro atoms. The number of carbonyl (C=O) groups excluding carboxylic acids is 1. The summed E-state index contributed by atoms with van der Waals surface area (Å²) < 4.78 is 0. The number of nitriles is 1. The van der Waals surface area contributed by atoms with E-state index in [1.807, 2.05) is 13.0 Å². The number of rotatable bonds is 3. The van der Waals surface area contributed by atoms with Crippen LogP contribution in [0.4, 0.5) is 5.69 Å². The van der Waals surface area contributed by atoms with E-state index in [9.17, 15) is 4.79 Å². The molecule has 0 bridgehead atoms. The van der Waals surface area contributed by atoms with Crippen molar-refractivity contribution >= 4 is 23.2 Å². The highest BCUT2D eigenvalue weighted by Crippen LogP contribution is 2.25. The third-order valence-electron chi connectivity index (χ3n) is 3.29. The fourth-order valence-electron chi connectivity index (χ4n) is 1.81. The van der Waals surface area contributed by atoms with Crippen molar-refractivity contribution in [3.63, 3.8) is 0 Å². The molecule has 0 aromatic heterocycles. The highest BCUT2D eigenvalue weighted by atomic mass is 35.5. The molecule has 94 valence electrons. The van der Waals surface area contributed by atoms with Crippen molar-refractivity contribution in [3.8, 4) is 6.07 Å². The van der Waals surface area contributed by atoms with Crippen molar-refractivity contribution < 1.29 is 4.79 Å². The molecule has 5 heteroatoms. The number of hydrogen-bond donors (Lipinski definition) is 2. The molecule has 4 nitrogen and oxygen atoms in total. The Morgan fingerprint density at radius 3 is 2.83 bits per heavy atom. The Hall–Kier alpha value is -1.57. The molecule has 1 heterocycles. The molecule has 1 aliphatic rings. The molecular formula is C13H14ClN3O. The van der Waals surface area contributed by atoms with Gasteiger partial charge in [0.2, 0.25) is 5.91 Å². The van der Waals surface area contributed by atoms with Gasteiger partial charge in [-0.3, -0.25) is 4.79 Å². The number of benzene rings is 1. The Morgan fingerprint density at radius 1 is 1.61 bits per heavy atom. The van der Waals surface area contributed by atoms with Gasteiger partial charge in [-0.25, -0.2) is 0 Å². The first-order chi connectivity index (χ1) is 8.61. The van der Waals surface area contributed by atoms with Crippen LogP contribution in [0, 0.1) is 23.2 Å². The third-order valence-corrected chi connectivity index (χ3v) is 3.60. The molecule has 1 unspecified atom stereocenters. The van der Waals surface area contributed by atoms with Gasteiger partial charge < -0.3 is 10.6 Å². The SMILES string of the molecule is CC(C(=O)Nc1ccc(C#N)cc1Cl)C1CNC1. The summed E-state index contributed by atoms with van der Waals surface area (Å²) in [7, 11) is 0. The maximum atomic E-state index is 12.0. The average Bonchev–Trinajstić information content (AvgIpc) is 2.29. The zero-order valence-electron chi connectivity index (χ0n) is 10.0. The fraction of sp³-hybridized carbons (Fsp3) is 0.385. The van der Waals surface area contributed by atoms with E-state index in [2.05, 4.69) is 10.6 Å².